The molecule has 1 aromatic heterocycles. The second kappa shape index (κ2) is 9.55. The number of halogens is 1. The van der Waals surface area contributed by atoms with Gasteiger partial charge >= 0.3 is 0 Å². The average molecular weight is 401 g/mol. The normalized spacial score (nSPS) is 16.4. The fraction of sp³-hybridized carbons (Fsp3) is 0.381. The molecular formula is C21H25ClN4O2. The monoisotopic (exact) mass is 400 g/mol. The van der Waals surface area contributed by atoms with Gasteiger partial charge in [0.2, 0.25) is 11.5 Å². The SMILES string of the molecule is C[C@@H](N=C(NC(=O)c1ccc(Cl)cc1)Nc1cccc(=O)[nH]1)C1CCCCC1. The molecule has 3 N–H and O–H groups in total. The summed E-state index contributed by atoms with van der Waals surface area (Å²) in [5, 5.41) is 6.43. The zero-order chi connectivity index (χ0) is 19.9. The van der Waals surface area contributed by atoms with Crippen molar-refractivity contribution in [2.75, 3.05) is 5.32 Å². The summed E-state index contributed by atoms with van der Waals surface area (Å²) in [4.78, 5) is 31.6. The highest BCUT2D eigenvalue weighted by atomic mass is 35.5. The lowest BCUT2D eigenvalue weighted by molar-refractivity contribution is 0.0976. The van der Waals surface area contributed by atoms with E-state index in [9.17, 15) is 9.59 Å². The quantitative estimate of drug-likeness (QED) is 0.531. The molecular weight excluding hydrogens is 376 g/mol. The Bertz CT molecular complexity index is 886. The summed E-state index contributed by atoms with van der Waals surface area (Å²) in [6.45, 7) is 2.07. The Labute approximate surface area is 169 Å². The number of hydrogen-bond donors (Lipinski definition) is 3. The molecule has 1 aliphatic rings. The lowest BCUT2D eigenvalue weighted by Crippen LogP contribution is -2.38. The van der Waals surface area contributed by atoms with Crippen LogP contribution in [0.4, 0.5) is 5.82 Å². The molecule has 0 saturated heterocycles. The third-order valence-electron chi connectivity index (χ3n) is 5.02. The molecule has 7 heteroatoms. The summed E-state index contributed by atoms with van der Waals surface area (Å²) in [5.74, 6) is 0.989. The first-order valence-corrected chi connectivity index (χ1v) is 10.00. The largest absolute Gasteiger partial charge is 0.312 e. The van der Waals surface area contributed by atoms with Crippen molar-refractivity contribution in [1.82, 2.24) is 10.3 Å². The first-order chi connectivity index (χ1) is 13.5. The summed E-state index contributed by atoms with van der Waals surface area (Å²) >= 11 is 5.90. The van der Waals surface area contributed by atoms with E-state index in [0.717, 1.165) is 12.8 Å². The Morgan fingerprint density at radius 2 is 1.86 bits per heavy atom. The van der Waals surface area contributed by atoms with Gasteiger partial charge in [0.15, 0.2) is 0 Å². The molecule has 148 valence electrons. The third kappa shape index (κ3) is 5.70. The van der Waals surface area contributed by atoms with Crippen molar-refractivity contribution in [1.29, 1.82) is 0 Å². The van der Waals surface area contributed by atoms with Crippen LogP contribution in [0, 0.1) is 5.92 Å². The van der Waals surface area contributed by atoms with Crippen molar-refractivity contribution >= 4 is 29.3 Å². The van der Waals surface area contributed by atoms with Gasteiger partial charge in [-0.1, -0.05) is 36.9 Å². The maximum Gasteiger partial charge on any atom is 0.257 e. The summed E-state index contributed by atoms with van der Waals surface area (Å²) in [6.07, 6.45) is 6.00. The number of carbonyl (C=O) groups is 1. The second-order valence-electron chi connectivity index (χ2n) is 7.13. The zero-order valence-corrected chi connectivity index (χ0v) is 16.6. The van der Waals surface area contributed by atoms with Crippen molar-refractivity contribution in [2.45, 2.75) is 45.1 Å². The summed E-state index contributed by atoms with van der Waals surface area (Å²) in [6, 6.07) is 11.5. The van der Waals surface area contributed by atoms with Gasteiger partial charge < -0.3 is 10.3 Å². The van der Waals surface area contributed by atoms with Crippen molar-refractivity contribution in [3.8, 4) is 0 Å². The minimum absolute atomic E-state index is 0.0590. The van der Waals surface area contributed by atoms with Crippen LogP contribution in [0.2, 0.25) is 5.02 Å². The predicted molar refractivity (Wildman–Crippen MR) is 113 cm³/mol. The van der Waals surface area contributed by atoms with Gasteiger partial charge in [0, 0.05) is 16.7 Å². The number of aromatic nitrogens is 1. The van der Waals surface area contributed by atoms with Gasteiger partial charge in [-0.15, -0.1) is 0 Å². The van der Waals surface area contributed by atoms with Crippen molar-refractivity contribution in [2.24, 2.45) is 10.9 Å². The van der Waals surface area contributed by atoms with E-state index >= 15 is 0 Å². The zero-order valence-electron chi connectivity index (χ0n) is 15.9. The van der Waals surface area contributed by atoms with E-state index in [-0.39, 0.29) is 17.5 Å². The van der Waals surface area contributed by atoms with Crippen LogP contribution in [-0.2, 0) is 0 Å². The van der Waals surface area contributed by atoms with Crippen molar-refractivity contribution < 1.29 is 4.79 Å². The van der Waals surface area contributed by atoms with Crippen molar-refractivity contribution in [3.63, 3.8) is 0 Å². The van der Waals surface area contributed by atoms with E-state index in [1.807, 2.05) is 0 Å². The van der Waals surface area contributed by atoms with Crippen LogP contribution in [0.3, 0.4) is 0 Å². The number of nitrogens with one attached hydrogen (secondary N) is 3. The third-order valence-corrected chi connectivity index (χ3v) is 5.28. The summed E-state index contributed by atoms with van der Waals surface area (Å²) in [5.41, 5.74) is 0.250. The predicted octanol–water partition coefficient (Wildman–Crippen LogP) is 4.20. The number of aromatic amines is 1. The number of rotatable bonds is 4. The maximum atomic E-state index is 12.6. The number of pyridine rings is 1. The van der Waals surface area contributed by atoms with E-state index in [2.05, 4.69) is 22.5 Å². The van der Waals surface area contributed by atoms with Crippen LogP contribution in [0.15, 0.2) is 52.3 Å². The lowest BCUT2D eigenvalue weighted by Gasteiger charge is -2.26. The van der Waals surface area contributed by atoms with Gasteiger partial charge in [0.25, 0.3) is 5.91 Å². The minimum Gasteiger partial charge on any atom is -0.312 e. The molecule has 0 unspecified atom stereocenters. The molecule has 0 spiro atoms. The van der Waals surface area contributed by atoms with Gasteiger partial charge in [0.05, 0.1) is 6.04 Å². The topological polar surface area (TPSA) is 86.3 Å². The molecule has 1 aromatic carbocycles. The van der Waals surface area contributed by atoms with E-state index in [1.165, 1.54) is 25.3 Å². The fourth-order valence-electron chi connectivity index (χ4n) is 3.45. The number of carbonyl (C=O) groups excluding carboxylic acids is 1. The molecule has 1 heterocycles. The Hall–Kier alpha value is -2.60. The van der Waals surface area contributed by atoms with Crippen LogP contribution in [-0.4, -0.2) is 22.9 Å². The Morgan fingerprint density at radius 3 is 2.54 bits per heavy atom. The summed E-state index contributed by atoms with van der Waals surface area (Å²) < 4.78 is 0. The van der Waals surface area contributed by atoms with Gasteiger partial charge in [-0.05, 0) is 56.0 Å². The minimum atomic E-state index is -0.294. The number of aliphatic imine (C=N–C) groups is 1. The van der Waals surface area contributed by atoms with Crippen LogP contribution >= 0.6 is 11.6 Å². The van der Waals surface area contributed by atoms with Crippen LogP contribution < -0.4 is 16.2 Å². The first kappa shape index (κ1) is 20.1. The molecule has 1 aliphatic carbocycles. The van der Waals surface area contributed by atoms with Gasteiger partial charge in [-0.3, -0.25) is 14.9 Å². The van der Waals surface area contributed by atoms with E-state index in [4.69, 9.17) is 16.6 Å². The van der Waals surface area contributed by atoms with Crippen LogP contribution in [0.1, 0.15) is 49.4 Å². The number of nitrogens with zero attached hydrogens (tertiary/aromatic N) is 1. The number of amides is 1. The number of benzene rings is 1. The molecule has 0 radical (unpaired) electrons. The standard InChI is InChI=1S/C21H25ClN4O2/c1-14(15-6-3-2-4-7-15)23-21(25-18-8-5-9-19(27)24-18)26-20(28)16-10-12-17(22)13-11-16/h5,8-15H,2-4,6-7H2,1H3,(H3,23,24,25,26,27,28)/t14-/m1/s1. The highest BCUT2D eigenvalue weighted by Crippen LogP contribution is 2.27. The Balaban J connectivity index is 1.80. The van der Waals surface area contributed by atoms with Crippen LogP contribution in [0.25, 0.3) is 0 Å². The molecule has 1 fully saturated rings. The number of guanidine groups is 1. The first-order valence-electron chi connectivity index (χ1n) is 9.62. The number of H-pyrrole nitrogens is 1. The molecule has 1 saturated carbocycles. The molecule has 0 aliphatic heterocycles. The van der Waals surface area contributed by atoms with E-state index < -0.39 is 0 Å². The molecule has 6 nitrogen and oxygen atoms in total. The smallest absolute Gasteiger partial charge is 0.257 e. The molecule has 1 atom stereocenters. The molecule has 1 amide bonds. The molecule has 3 rings (SSSR count). The second-order valence-corrected chi connectivity index (χ2v) is 7.57. The van der Waals surface area contributed by atoms with Crippen molar-refractivity contribution in [3.05, 3.63) is 63.4 Å². The van der Waals surface area contributed by atoms with Gasteiger partial charge in [0.1, 0.15) is 5.82 Å². The van der Waals surface area contributed by atoms with E-state index in [0.29, 0.717) is 28.3 Å². The summed E-state index contributed by atoms with van der Waals surface area (Å²) in [7, 11) is 0. The van der Waals surface area contributed by atoms with E-state index in [1.54, 1.807) is 36.4 Å². The number of anilines is 1. The fourth-order valence-corrected chi connectivity index (χ4v) is 3.58. The Kier molecular flexibility index (Phi) is 6.87. The average Bonchev–Trinajstić information content (AvgIpc) is 2.69. The molecule has 28 heavy (non-hydrogen) atoms. The van der Waals surface area contributed by atoms with Gasteiger partial charge in [-0.2, -0.15) is 0 Å². The molecule has 2 aromatic rings. The highest BCUT2D eigenvalue weighted by molar-refractivity contribution is 6.30. The Morgan fingerprint density at radius 1 is 1.14 bits per heavy atom. The maximum absolute atomic E-state index is 12.6. The van der Waals surface area contributed by atoms with Gasteiger partial charge in [-0.25, -0.2) is 4.99 Å². The van der Waals surface area contributed by atoms with Crippen LogP contribution in [0.5, 0.6) is 0 Å². The highest BCUT2D eigenvalue weighted by Gasteiger charge is 2.21. The lowest BCUT2D eigenvalue weighted by atomic mass is 9.85. The number of hydrogen-bond acceptors (Lipinski definition) is 3. The molecule has 0 bridgehead atoms.